The zero-order valence-electron chi connectivity index (χ0n) is 12.3. The fourth-order valence-corrected chi connectivity index (χ4v) is 4.13. The summed E-state index contributed by atoms with van der Waals surface area (Å²) < 4.78 is 0. The monoisotopic (exact) mass is 258 g/mol. The van der Waals surface area contributed by atoms with Crippen LogP contribution in [-0.2, 0) is 0 Å². The molecule has 0 radical (unpaired) electrons. The predicted molar refractivity (Wildman–Crippen MR) is 80.6 cm³/mol. The third-order valence-corrected chi connectivity index (χ3v) is 5.17. The van der Waals surface area contributed by atoms with Crippen LogP contribution in [0.3, 0.4) is 0 Å². The van der Waals surface area contributed by atoms with Crippen molar-refractivity contribution in [3.8, 4) is 0 Å². The second kappa shape index (κ2) is 5.26. The molecule has 0 aliphatic carbocycles. The van der Waals surface area contributed by atoms with Crippen molar-refractivity contribution in [3.63, 3.8) is 0 Å². The van der Waals surface area contributed by atoms with Gasteiger partial charge in [-0.1, -0.05) is 29.8 Å². The van der Waals surface area contributed by atoms with Crippen LogP contribution < -0.4 is 5.32 Å². The number of benzene rings is 1. The highest BCUT2D eigenvalue weighted by Crippen LogP contribution is 2.46. The standard InChI is InChI=1S/C17H26N2/c1-14-4-6-15(7-5-14)16-12-18-10-9-17(16)8-3-11-19(2)13-17/h4-7,16,18H,3,8-13H2,1-2H3. The van der Waals surface area contributed by atoms with E-state index in [1.165, 1.54) is 50.0 Å². The molecule has 0 amide bonds. The zero-order chi connectivity index (χ0) is 13.3. The van der Waals surface area contributed by atoms with Crippen LogP contribution in [0.2, 0.25) is 0 Å². The van der Waals surface area contributed by atoms with Gasteiger partial charge in [-0.05, 0) is 57.3 Å². The summed E-state index contributed by atoms with van der Waals surface area (Å²) in [7, 11) is 2.29. The molecule has 1 spiro atoms. The highest BCUT2D eigenvalue weighted by atomic mass is 15.1. The van der Waals surface area contributed by atoms with Crippen LogP contribution in [0.4, 0.5) is 0 Å². The van der Waals surface area contributed by atoms with Crippen LogP contribution in [0.1, 0.15) is 36.3 Å². The Bertz CT molecular complexity index is 421. The molecular weight excluding hydrogens is 232 g/mol. The first-order valence-corrected chi connectivity index (χ1v) is 7.65. The Morgan fingerprint density at radius 3 is 2.74 bits per heavy atom. The molecule has 2 aliphatic rings. The maximum atomic E-state index is 3.62. The van der Waals surface area contributed by atoms with Crippen LogP contribution in [0, 0.1) is 12.3 Å². The van der Waals surface area contributed by atoms with Gasteiger partial charge in [-0.15, -0.1) is 0 Å². The molecule has 2 aliphatic heterocycles. The molecule has 19 heavy (non-hydrogen) atoms. The van der Waals surface area contributed by atoms with E-state index in [-0.39, 0.29) is 0 Å². The fraction of sp³-hybridized carbons (Fsp3) is 0.647. The van der Waals surface area contributed by atoms with Gasteiger partial charge in [0.15, 0.2) is 0 Å². The van der Waals surface area contributed by atoms with E-state index in [1.807, 2.05) is 0 Å². The van der Waals surface area contributed by atoms with Gasteiger partial charge in [0.1, 0.15) is 0 Å². The molecule has 1 N–H and O–H groups in total. The van der Waals surface area contributed by atoms with Crippen molar-refractivity contribution in [3.05, 3.63) is 35.4 Å². The summed E-state index contributed by atoms with van der Waals surface area (Å²) in [5.41, 5.74) is 3.41. The Labute approximate surface area is 117 Å². The van der Waals surface area contributed by atoms with E-state index in [9.17, 15) is 0 Å². The van der Waals surface area contributed by atoms with Crippen molar-refractivity contribution < 1.29 is 0 Å². The molecule has 2 nitrogen and oxygen atoms in total. The molecule has 2 saturated heterocycles. The number of rotatable bonds is 1. The van der Waals surface area contributed by atoms with Gasteiger partial charge in [0, 0.05) is 19.0 Å². The molecule has 1 aromatic rings. The molecule has 104 valence electrons. The lowest BCUT2D eigenvalue weighted by Crippen LogP contribution is -2.51. The maximum Gasteiger partial charge on any atom is 0.00418 e. The summed E-state index contributed by atoms with van der Waals surface area (Å²) in [6.07, 6.45) is 4.09. The second-order valence-electron chi connectivity index (χ2n) is 6.62. The van der Waals surface area contributed by atoms with E-state index in [2.05, 4.69) is 48.5 Å². The Morgan fingerprint density at radius 2 is 2.00 bits per heavy atom. The number of hydrogen-bond acceptors (Lipinski definition) is 2. The highest BCUT2D eigenvalue weighted by Gasteiger charge is 2.43. The van der Waals surface area contributed by atoms with Gasteiger partial charge in [0.25, 0.3) is 0 Å². The molecule has 0 bridgehead atoms. The van der Waals surface area contributed by atoms with Gasteiger partial charge < -0.3 is 10.2 Å². The third kappa shape index (κ3) is 2.56. The van der Waals surface area contributed by atoms with Gasteiger partial charge in [0.2, 0.25) is 0 Å². The Kier molecular flexibility index (Phi) is 3.64. The number of piperidine rings is 2. The van der Waals surface area contributed by atoms with Gasteiger partial charge in [-0.2, -0.15) is 0 Å². The summed E-state index contributed by atoms with van der Waals surface area (Å²) in [6, 6.07) is 9.24. The van der Waals surface area contributed by atoms with E-state index in [1.54, 1.807) is 0 Å². The Balaban J connectivity index is 1.90. The molecule has 1 aromatic carbocycles. The minimum atomic E-state index is 0.507. The molecule has 2 unspecified atom stereocenters. The zero-order valence-corrected chi connectivity index (χ0v) is 12.3. The largest absolute Gasteiger partial charge is 0.316 e. The van der Waals surface area contributed by atoms with Crippen molar-refractivity contribution in [1.82, 2.24) is 10.2 Å². The van der Waals surface area contributed by atoms with Crippen molar-refractivity contribution in [2.75, 3.05) is 33.2 Å². The lowest BCUT2D eigenvalue weighted by molar-refractivity contribution is 0.0541. The van der Waals surface area contributed by atoms with E-state index in [0.717, 1.165) is 6.54 Å². The number of nitrogens with one attached hydrogen (secondary N) is 1. The summed E-state index contributed by atoms with van der Waals surface area (Å²) in [4.78, 5) is 2.54. The highest BCUT2D eigenvalue weighted by molar-refractivity contribution is 5.28. The minimum absolute atomic E-state index is 0.507. The van der Waals surface area contributed by atoms with Crippen molar-refractivity contribution in [1.29, 1.82) is 0 Å². The predicted octanol–water partition coefficient (Wildman–Crippen LogP) is 2.78. The average Bonchev–Trinajstić information content (AvgIpc) is 2.40. The first kappa shape index (κ1) is 13.1. The molecule has 3 rings (SSSR count). The van der Waals surface area contributed by atoms with Gasteiger partial charge in [-0.25, -0.2) is 0 Å². The molecule has 2 heterocycles. The Morgan fingerprint density at radius 1 is 1.21 bits per heavy atom. The van der Waals surface area contributed by atoms with E-state index in [0.29, 0.717) is 11.3 Å². The molecule has 2 heteroatoms. The number of likely N-dealkylation sites (tertiary alicyclic amines) is 1. The minimum Gasteiger partial charge on any atom is -0.316 e. The number of hydrogen-bond donors (Lipinski definition) is 1. The summed E-state index contributed by atoms with van der Waals surface area (Å²) in [5, 5.41) is 3.62. The summed E-state index contributed by atoms with van der Waals surface area (Å²) in [5.74, 6) is 0.685. The fourth-order valence-electron chi connectivity index (χ4n) is 4.13. The molecule has 2 atom stereocenters. The van der Waals surface area contributed by atoms with E-state index >= 15 is 0 Å². The second-order valence-corrected chi connectivity index (χ2v) is 6.62. The van der Waals surface area contributed by atoms with Crippen LogP contribution in [0.15, 0.2) is 24.3 Å². The van der Waals surface area contributed by atoms with Gasteiger partial charge in [-0.3, -0.25) is 0 Å². The molecule has 0 aromatic heterocycles. The summed E-state index contributed by atoms with van der Waals surface area (Å²) >= 11 is 0. The maximum absolute atomic E-state index is 3.62. The lowest BCUT2D eigenvalue weighted by Gasteiger charge is -2.50. The van der Waals surface area contributed by atoms with Crippen molar-refractivity contribution >= 4 is 0 Å². The molecular formula is C17H26N2. The lowest BCUT2D eigenvalue weighted by atomic mass is 9.64. The number of aryl methyl sites for hydroxylation is 1. The van der Waals surface area contributed by atoms with E-state index in [4.69, 9.17) is 0 Å². The van der Waals surface area contributed by atoms with Crippen molar-refractivity contribution in [2.45, 2.75) is 32.1 Å². The Hall–Kier alpha value is -0.860. The van der Waals surface area contributed by atoms with Crippen LogP contribution >= 0.6 is 0 Å². The third-order valence-electron chi connectivity index (χ3n) is 5.17. The van der Waals surface area contributed by atoms with Crippen molar-refractivity contribution in [2.24, 2.45) is 5.41 Å². The van der Waals surface area contributed by atoms with E-state index < -0.39 is 0 Å². The molecule has 0 saturated carbocycles. The number of nitrogens with zero attached hydrogens (tertiary/aromatic N) is 1. The van der Waals surface area contributed by atoms with Gasteiger partial charge in [0.05, 0.1) is 0 Å². The first-order chi connectivity index (χ1) is 9.20. The molecule has 2 fully saturated rings. The summed E-state index contributed by atoms with van der Waals surface area (Å²) in [6.45, 7) is 7.06. The van der Waals surface area contributed by atoms with Crippen LogP contribution in [0.5, 0.6) is 0 Å². The smallest absolute Gasteiger partial charge is 0.00418 e. The van der Waals surface area contributed by atoms with Crippen LogP contribution in [0.25, 0.3) is 0 Å². The first-order valence-electron chi connectivity index (χ1n) is 7.65. The average molecular weight is 258 g/mol. The quantitative estimate of drug-likeness (QED) is 0.833. The normalized spacial score (nSPS) is 32.6. The SMILES string of the molecule is Cc1ccc(C2CNCCC23CCCN(C)C3)cc1. The van der Waals surface area contributed by atoms with Crippen LogP contribution in [-0.4, -0.2) is 38.1 Å². The topological polar surface area (TPSA) is 15.3 Å². The van der Waals surface area contributed by atoms with Gasteiger partial charge >= 0.3 is 0 Å².